The first-order valence-electron chi connectivity index (χ1n) is 8.60. The maximum absolute atomic E-state index is 12.5. The molecule has 0 bridgehead atoms. The third kappa shape index (κ3) is 3.72. The highest BCUT2D eigenvalue weighted by Crippen LogP contribution is 2.24. The molecular formula is C18H19N3O3S2. The van der Waals surface area contributed by atoms with Crippen LogP contribution in [0.15, 0.2) is 45.1 Å². The highest BCUT2D eigenvalue weighted by Gasteiger charge is 2.18. The lowest BCUT2D eigenvalue weighted by Crippen LogP contribution is -2.26. The average molecular weight is 390 g/mol. The molecule has 6 nitrogen and oxygen atoms in total. The van der Waals surface area contributed by atoms with Crippen LogP contribution in [0.5, 0.6) is 0 Å². The molecule has 26 heavy (non-hydrogen) atoms. The maximum atomic E-state index is 12.5. The Morgan fingerprint density at radius 2 is 2.00 bits per heavy atom. The minimum absolute atomic E-state index is 0.214. The molecule has 8 heteroatoms. The van der Waals surface area contributed by atoms with Gasteiger partial charge in [0.1, 0.15) is 0 Å². The number of aryl methyl sites for hydroxylation is 2. The van der Waals surface area contributed by atoms with E-state index >= 15 is 0 Å². The van der Waals surface area contributed by atoms with Gasteiger partial charge in [-0.15, -0.1) is 11.3 Å². The first-order valence-corrected chi connectivity index (χ1v) is 11.0. The van der Waals surface area contributed by atoms with Crippen molar-refractivity contribution in [3.8, 4) is 10.7 Å². The second-order valence-electron chi connectivity index (χ2n) is 6.27. The number of rotatable bonds is 6. The van der Waals surface area contributed by atoms with E-state index in [-0.39, 0.29) is 6.54 Å². The minimum Gasteiger partial charge on any atom is -0.339 e. The lowest BCUT2D eigenvalue weighted by molar-refractivity contribution is 0.379. The summed E-state index contributed by atoms with van der Waals surface area (Å²) in [6.07, 6.45) is 4.63. The molecule has 1 N–H and O–H groups in total. The predicted octanol–water partition coefficient (Wildman–Crippen LogP) is 3.20. The van der Waals surface area contributed by atoms with E-state index in [9.17, 15) is 8.42 Å². The van der Waals surface area contributed by atoms with Gasteiger partial charge in [0.05, 0.1) is 9.77 Å². The van der Waals surface area contributed by atoms with E-state index in [0.717, 1.165) is 29.7 Å². The molecule has 136 valence electrons. The fourth-order valence-electron chi connectivity index (χ4n) is 3.11. The van der Waals surface area contributed by atoms with Crippen LogP contribution in [0.4, 0.5) is 0 Å². The molecule has 0 atom stereocenters. The molecule has 0 aliphatic heterocycles. The Hall–Kier alpha value is -2.03. The largest absolute Gasteiger partial charge is 0.339 e. The Bertz CT molecular complexity index is 995. The quantitative estimate of drug-likeness (QED) is 0.700. The van der Waals surface area contributed by atoms with Crippen molar-refractivity contribution in [2.75, 3.05) is 6.54 Å². The van der Waals surface area contributed by atoms with Crippen molar-refractivity contribution in [1.29, 1.82) is 0 Å². The summed E-state index contributed by atoms with van der Waals surface area (Å²) in [5.74, 6) is 0.953. The van der Waals surface area contributed by atoms with Gasteiger partial charge in [-0.2, -0.15) is 4.98 Å². The molecule has 1 aromatic carbocycles. The fourth-order valence-corrected chi connectivity index (χ4v) is 4.85. The second kappa shape index (κ2) is 7.30. The molecule has 4 rings (SSSR count). The molecular weight excluding hydrogens is 370 g/mol. The fraction of sp³-hybridized carbons (Fsp3) is 0.333. The van der Waals surface area contributed by atoms with E-state index in [0.29, 0.717) is 23.0 Å². The summed E-state index contributed by atoms with van der Waals surface area (Å²) in [4.78, 5) is 5.55. The lowest BCUT2D eigenvalue weighted by Gasteiger charge is -2.16. The number of nitrogens with one attached hydrogen (secondary N) is 1. The minimum atomic E-state index is -3.54. The summed E-state index contributed by atoms with van der Waals surface area (Å²) >= 11 is 1.53. The summed E-state index contributed by atoms with van der Waals surface area (Å²) in [5, 5.41) is 5.87. The van der Waals surface area contributed by atoms with Gasteiger partial charge in [0.2, 0.25) is 21.7 Å². The van der Waals surface area contributed by atoms with Gasteiger partial charge in [-0.1, -0.05) is 17.3 Å². The summed E-state index contributed by atoms with van der Waals surface area (Å²) < 4.78 is 32.9. The molecule has 0 saturated carbocycles. The zero-order valence-electron chi connectivity index (χ0n) is 14.1. The number of nitrogens with zero attached hydrogens (tertiary/aromatic N) is 2. The first kappa shape index (κ1) is 17.4. The van der Waals surface area contributed by atoms with Crippen molar-refractivity contribution in [2.24, 2.45) is 0 Å². The van der Waals surface area contributed by atoms with Gasteiger partial charge in [0.25, 0.3) is 0 Å². The topological polar surface area (TPSA) is 85.1 Å². The van der Waals surface area contributed by atoms with Gasteiger partial charge in [0, 0.05) is 13.0 Å². The zero-order valence-corrected chi connectivity index (χ0v) is 15.8. The number of thiophene rings is 1. The molecule has 0 spiro atoms. The summed E-state index contributed by atoms with van der Waals surface area (Å²) in [6.45, 7) is 0.214. The Balaban J connectivity index is 1.39. The van der Waals surface area contributed by atoms with Crippen LogP contribution in [0.25, 0.3) is 10.7 Å². The molecule has 0 unspecified atom stereocenters. The smallest absolute Gasteiger partial charge is 0.240 e. The number of aromatic nitrogens is 2. The van der Waals surface area contributed by atoms with Crippen molar-refractivity contribution < 1.29 is 12.9 Å². The number of sulfonamides is 1. The van der Waals surface area contributed by atoms with Crippen molar-refractivity contribution in [3.63, 3.8) is 0 Å². The third-order valence-electron chi connectivity index (χ3n) is 4.47. The van der Waals surface area contributed by atoms with Crippen molar-refractivity contribution in [2.45, 2.75) is 37.0 Å². The Labute approximate surface area is 156 Å². The molecule has 1 aliphatic carbocycles. The molecule has 0 saturated heterocycles. The predicted molar refractivity (Wildman–Crippen MR) is 99.6 cm³/mol. The summed E-state index contributed by atoms with van der Waals surface area (Å²) in [6, 6.07) is 9.27. The van der Waals surface area contributed by atoms with Crippen molar-refractivity contribution >= 4 is 21.4 Å². The van der Waals surface area contributed by atoms with Gasteiger partial charge >= 0.3 is 0 Å². The zero-order chi connectivity index (χ0) is 18.0. The van der Waals surface area contributed by atoms with Gasteiger partial charge in [-0.25, -0.2) is 13.1 Å². The summed E-state index contributed by atoms with van der Waals surface area (Å²) in [5.41, 5.74) is 2.42. The molecule has 2 heterocycles. The van der Waals surface area contributed by atoms with Crippen LogP contribution in [0.2, 0.25) is 0 Å². The average Bonchev–Trinajstić information content (AvgIpc) is 3.32. The van der Waals surface area contributed by atoms with Gasteiger partial charge in [-0.3, -0.25) is 0 Å². The van der Waals surface area contributed by atoms with E-state index in [4.69, 9.17) is 4.52 Å². The second-order valence-corrected chi connectivity index (χ2v) is 8.99. The van der Waals surface area contributed by atoms with Crippen LogP contribution in [0, 0.1) is 0 Å². The van der Waals surface area contributed by atoms with E-state index in [1.807, 2.05) is 23.6 Å². The highest BCUT2D eigenvalue weighted by atomic mass is 32.2. The van der Waals surface area contributed by atoms with Crippen LogP contribution < -0.4 is 4.72 Å². The Kier molecular flexibility index (Phi) is 4.88. The number of hydrogen-bond donors (Lipinski definition) is 1. The SMILES string of the molecule is O=S(=O)(NCCc1nc(-c2cccs2)no1)c1ccc2c(c1)CCCC2. The molecule has 2 aromatic heterocycles. The van der Waals surface area contributed by atoms with Crippen LogP contribution >= 0.6 is 11.3 Å². The number of benzene rings is 1. The lowest BCUT2D eigenvalue weighted by atomic mass is 9.92. The van der Waals surface area contributed by atoms with Crippen molar-refractivity contribution in [1.82, 2.24) is 14.9 Å². The van der Waals surface area contributed by atoms with Gasteiger partial charge < -0.3 is 4.52 Å². The van der Waals surface area contributed by atoms with Gasteiger partial charge in [-0.05, 0) is 60.4 Å². The van der Waals surface area contributed by atoms with Crippen LogP contribution in [-0.4, -0.2) is 25.1 Å². The molecule has 1 aliphatic rings. The van der Waals surface area contributed by atoms with Crippen LogP contribution in [0.1, 0.15) is 29.9 Å². The van der Waals surface area contributed by atoms with E-state index in [2.05, 4.69) is 14.9 Å². The van der Waals surface area contributed by atoms with Crippen LogP contribution in [0.3, 0.4) is 0 Å². The standard InChI is InChI=1S/C18H19N3O3S2/c22-26(23,15-8-7-13-4-1-2-5-14(13)12-15)19-10-9-17-20-18(21-24-17)16-6-3-11-25-16/h3,6-8,11-12,19H,1-2,4-5,9-10H2. The normalized spacial score (nSPS) is 14.3. The molecule has 0 radical (unpaired) electrons. The highest BCUT2D eigenvalue weighted by molar-refractivity contribution is 7.89. The van der Waals surface area contributed by atoms with E-state index in [1.165, 1.54) is 23.3 Å². The Morgan fingerprint density at radius 1 is 1.15 bits per heavy atom. The molecule has 0 fully saturated rings. The Morgan fingerprint density at radius 3 is 2.81 bits per heavy atom. The first-order chi connectivity index (χ1) is 12.6. The third-order valence-corrected chi connectivity index (χ3v) is 6.80. The van der Waals surface area contributed by atoms with Crippen LogP contribution in [-0.2, 0) is 29.3 Å². The molecule has 3 aromatic rings. The number of hydrogen-bond acceptors (Lipinski definition) is 6. The van der Waals surface area contributed by atoms with Gasteiger partial charge in [0.15, 0.2) is 0 Å². The number of fused-ring (bicyclic) bond motifs is 1. The maximum Gasteiger partial charge on any atom is 0.240 e. The monoisotopic (exact) mass is 389 g/mol. The van der Waals surface area contributed by atoms with Crippen molar-refractivity contribution in [3.05, 3.63) is 52.7 Å². The van der Waals surface area contributed by atoms with E-state index in [1.54, 1.807) is 12.1 Å². The summed E-state index contributed by atoms with van der Waals surface area (Å²) in [7, 11) is -3.54. The molecule has 0 amide bonds. The van der Waals surface area contributed by atoms with E-state index < -0.39 is 10.0 Å².